The summed E-state index contributed by atoms with van der Waals surface area (Å²) in [7, 11) is 0. The number of carbonyl (C=O) groups is 1. The molecule has 0 rings (SSSR count). The molecular formula is C13H24F3NO2. The predicted octanol–water partition coefficient (Wildman–Crippen LogP) is 3.24. The van der Waals surface area contributed by atoms with E-state index < -0.39 is 24.7 Å². The Morgan fingerprint density at radius 1 is 1.26 bits per heavy atom. The molecule has 0 aliphatic heterocycles. The van der Waals surface area contributed by atoms with Crippen LogP contribution in [-0.4, -0.2) is 42.8 Å². The van der Waals surface area contributed by atoms with Gasteiger partial charge in [-0.15, -0.1) is 0 Å². The van der Waals surface area contributed by atoms with Crippen LogP contribution in [0.15, 0.2) is 0 Å². The number of carbonyl (C=O) groups excluding carboxylic acids is 1. The van der Waals surface area contributed by atoms with Crippen molar-refractivity contribution in [2.24, 2.45) is 5.92 Å². The molecule has 0 bridgehead atoms. The molecule has 0 spiro atoms. The molecule has 0 saturated carbocycles. The monoisotopic (exact) mass is 283 g/mol. The molecule has 0 unspecified atom stereocenters. The zero-order valence-electron chi connectivity index (χ0n) is 12.1. The summed E-state index contributed by atoms with van der Waals surface area (Å²) < 4.78 is 42.6. The van der Waals surface area contributed by atoms with Crippen molar-refractivity contribution in [3.05, 3.63) is 0 Å². The van der Waals surface area contributed by atoms with Crippen LogP contribution in [0.5, 0.6) is 0 Å². The largest absolute Gasteiger partial charge is 0.406 e. The molecule has 0 N–H and O–H groups in total. The van der Waals surface area contributed by atoms with E-state index in [1.54, 1.807) is 6.92 Å². The number of hydrogen-bond acceptors (Lipinski definition) is 2. The Labute approximate surface area is 113 Å². The Balaban J connectivity index is 4.51. The predicted molar refractivity (Wildman–Crippen MR) is 67.8 cm³/mol. The van der Waals surface area contributed by atoms with Crippen molar-refractivity contribution in [1.82, 2.24) is 4.90 Å². The normalized spacial score (nSPS) is 13.7. The lowest BCUT2D eigenvalue weighted by Crippen LogP contribution is -2.46. The number of alkyl halides is 3. The van der Waals surface area contributed by atoms with Gasteiger partial charge in [-0.05, 0) is 26.2 Å². The van der Waals surface area contributed by atoms with Crippen molar-refractivity contribution >= 4 is 5.91 Å². The van der Waals surface area contributed by atoms with E-state index in [2.05, 4.69) is 0 Å². The summed E-state index contributed by atoms with van der Waals surface area (Å²) in [6.45, 7) is 6.86. The van der Waals surface area contributed by atoms with Crippen molar-refractivity contribution in [3.8, 4) is 0 Å². The van der Waals surface area contributed by atoms with E-state index in [4.69, 9.17) is 4.74 Å². The quantitative estimate of drug-likeness (QED) is 0.640. The van der Waals surface area contributed by atoms with Gasteiger partial charge in [-0.25, -0.2) is 0 Å². The summed E-state index contributed by atoms with van der Waals surface area (Å²) >= 11 is 0. The number of hydrogen-bond donors (Lipinski definition) is 0. The molecular weight excluding hydrogens is 259 g/mol. The Morgan fingerprint density at radius 3 is 2.26 bits per heavy atom. The van der Waals surface area contributed by atoms with Crippen LogP contribution in [0.3, 0.4) is 0 Å². The molecule has 1 amide bonds. The minimum atomic E-state index is -4.36. The van der Waals surface area contributed by atoms with Gasteiger partial charge in [-0.1, -0.05) is 13.8 Å². The van der Waals surface area contributed by atoms with Crippen molar-refractivity contribution < 1.29 is 22.7 Å². The van der Waals surface area contributed by atoms with Crippen molar-refractivity contribution in [2.75, 3.05) is 19.8 Å². The molecule has 1 atom stereocenters. The molecule has 0 saturated heterocycles. The number of rotatable bonds is 8. The summed E-state index contributed by atoms with van der Waals surface area (Å²) in [5.74, 6) is -0.476. The Hall–Kier alpha value is -0.780. The molecule has 0 fully saturated rings. The van der Waals surface area contributed by atoms with Crippen LogP contribution >= 0.6 is 0 Å². The van der Waals surface area contributed by atoms with Crippen LogP contribution in [0.1, 0.15) is 40.5 Å². The lowest BCUT2D eigenvalue weighted by atomic mass is 10.0. The zero-order chi connectivity index (χ0) is 15.1. The third-order valence-electron chi connectivity index (χ3n) is 3.01. The number of nitrogens with zero attached hydrogens (tertiary/aromatic N) is 1. The first kappa shape index (κ1) is 18.2. The fourth-order valence-corrected chi connectivity index (χ4v) is 1.63. The first-order valence-electron chi connectivity index (χ1n) is 6.63. The van der Waals surface area contributed by atoms with Crippen LogP contribution in [0.25, 0.3) is 0 Å². The van der Waals surface area contributed by atoms with Crippen LogP contribution in [0, 0.1) is 5.92 Å². The van der Waals surface area contributed by atoms with Crippen LogP contribution in [0.2, 0.25) is 0 Å². The molecule has 0 aromatic heterocycles. The lowest BCUT2D eigenvalue weighted by molar-refractivity contribution is -0.167. The molecule has 6 heteroatoms. The van der Waals surface area contributed by atoms with Gasteiger partial charge in [0.05, 0.1) is 0 Å². The van der Waals surface area contributed by atoms with E-state index in [0.717, 1.165) is 4.90 Å². The van der Waals surface area contributed by atoms with Crippen LogP contribution in [0.4, 0.5) is 13.2 Å². The van der Waals surface area contributed by atoms with E-state index in [1.807, 2.05) is 20.8 Å². The standard InChI is InChI=1S/C13H24F3NO2/c1-5-19-8-6-7-12(18)17(9-13(14,15)16)11(4)10(2)3/h10-11H,5-9H2,1-4H3/t11-/m0/s1. The minimum absolute atomic E-state index is 0.0156. The number of ether oxygens (including phenoxy) is 1. The second-order valence-electron chi connectivity index (χ2n) is 4.92. The highest BCUT2D eigenvalue weighted by molar-refractivity contribution is 5.76. The maximum atomic E-state index is 12.5. The maximum absolute atomic E-state index is 12.5. The van der Waals surface area contributed by atoms with Gasteiger partial charge < -0.3 is 9.64 Å². The molecule has 0 aliphatic carbocycles. The van der Waals surface area contributed by atoms with Crippen LogP contribution < -0.4 is 0 Å². The first-order valence-corrected chi connectivity index (χ1v) is 6.63. The topological polar surface area (TPSA) is 29.5 Å². The van der Waals surface area contributed by atoms with E-state index in [9.17, 15) is 18.0 Å². The Morgan fingerprint density at radius 2 is 1.84 bits per heavy atom. The third-order valence-corrected chi connectivity index (χ3v) is 3.01. The summed E-state index contributed by atoms with van der Waals surface area (Å²) in [6.07, 6.45) is -3.82. The maximum Gasteiger partial charge on any atom is 0.406 e. The fourth-order valence-electron chi connectivity index (χ4n) is 1.63. The average molecular weight is 283 g/mol. The third kappa shape index (κ3) is 8.08. The number of amides is 1. The van der Waals surface area contributed by atoms with Crippen LogP contribution in [-0.2, 0) is 9.53 Å². The summed E-state index contributed by atoms with van der Waals surface area (Å²) in [5.41, 5.74) is 0. The van der Waals surface area contributed by atoms with E-state index in [0.29, 0.717) is 19.6 Å². The summed E-state index contributed by atoms with van der Waals surface area (Å²) in [6, 6.07) is -0.429. The fraction of sp³-hybridized carbons (Fsp3) is 0.923. The van der Waals surface area contributed by atoms with Gasteiger partial charge in [0, 0.05) is 25.7 Å². The second-order valence-corrected chi connectivity index (χ2v) is 4.92. The van der Waals surface area contributed by atoms with Crippen molar-refractivity contribution in [2.45, 2.75) is 52.8 Å². The van der Waals surface area contributed by atoms with E-state index in [-0.39, 0.29) is 12.3 Å². The van der Waals surface area contributed by atoms with Gasteiger partial charge in [-0.2, -0.15) is 13.2 Å². The number of halogens is 3. The zero-order valence-corrected chi connectivity index (χ0v) is 12.1. The van der Waals surface area contributed by atoms with Crippen molar-refractivity contribution in [1.29, 1.82) is 0 Å². The molecule has 0 aromatic rings. The van der Waals surface area contributed by atoms with E-state index >= 15 is 0 Å². The van der Waals surface area contributed by atoms with Gasteiger partial charge >= 0.3 is 6.18 Å². The van der Waals surface area contributed by atoms with E-state index in [1.165, 1.54) is 0 Å². The molecule has 0 radical (unpaired) electrons. The molecule has 0 aromatic carbocycles. The van der Waals surface area contributed by atoms with Gasteiger partial charge in [0.25, 0.3) is 0 Å². The average Bonchev–Trinajstić information content (AvgIpc) is 2.29. The highest BCUT2D eigenvalue weighted by atomic mass is 19.4. The molecule has 114 valence electrons. The SMILES string of the molecule is CCOCCCC(=O)N(CC(F)(F)F)[C@@H](C)C(C)C. The highest BCUT2D eigenvalue weighted by Crippen LogP contribution is 2.21. The molecule has 19 heavy (non-hydrogen) atoms. The van der Waals surface area contributed by atoms with Gasteiger partial charge in [0.15, 0.2) is 0 Å². The Kier molecular flexibility index (Phi) is 8.06. The smallest absolute Gasteiger partial charge is 0.382 e. The molecule has 0 aliphatic rings. The minimum Gasteiger partial charge on any atom is -0.382 e. The lowest BCUT2D eigenvalue weighted by Gasteiger charge is -2.32. The summed E-state index contributed by atoms with van der Waals surface area (Å²) in [4.78, 5) is 12.8. The summed E-state index contributed by atoms with van der Waals surface area (Å²) in [5, 5.41) is 0. The Bertz CT molecular complexity index is 267. The molecule has 3 nitrogen and oxygen atoms in total. The van der Waals surface area contributed by atoms with Gasteiger partial charge in [0.2, 0.25) is 5.91 Å². The highest BCUT2D eigenvalue weighted by Gasteiger charge is 2.35. The first-order chi connectivity index (χ1) is 8.69. The van der Waals surface area contributed by atoms with Gasteiger partial charge in [0.1, 0.15) is 6.54 Å². The van der Waals surface area contributed by atoms with Gasteiger partial charge in [-0.3, -0.25) is 4.79 Å². The van der Waals surface area contributed by atoms with Crippen molar-refractivity contribution in [3.63, 3.8) is 0 Å². The second kappa shape index (κ2) is 8.40. The molecule has 0 heterocycles.